The van der Waals surface area contributed by atoms with Crippen molar-refractivity contribution in [3.05, 3.63) is 54.0 Å². The van der Waals surface area contributed by atoms with Crippen LogP contribution in [0.25, 0.3) is 0 Å². The van der Waals surface area contributed by atoms with Crippen LogP contribution in [-0.2, 0) is 20.9 Å². The molecule has 0 unspecified atom stereocenters. The van der Waals surface area contributed by atoms with Gasteiger partial charge in [0.2, 0.25) is 5.91 Å². The first-order chi connectivity index (χ1) is 11.6. The van der Waals surface area contributed by atoms with E-state index in [2.05, 4.69) is 10.6 Å². The Morgan fingerprint density at radius 3 is 2.71 bits per heavy atom. The fraction of sp³-hybridized carbons (Fsp3) is 0.235. The van der Waals surface area contributed by atoms with E-state index in [9.17, 15) is 14.4 Å². The van der Waals surface area contributed by atoms with Crippen LogP contribution >= 0.6 is 0 Å². The second-order valence-electron chi connectivity index (χ2n) is 4.87. The number of carbonyl (C=O) groups excluding carboxylic acids is 3. The first kappa shape index (κ1) is 17.3. The summed E-state index contributed by atoms with van der Waals surface area (Å²) >= 11 is 0. The van der Waals surface area contributed by atoms with Gasteiger partial charge in [-0.1, -0.05) is 6.07 Å². The Morgan fingerprint density at radius 1 is 1.17 bits per heavy atom. The second-order valence-corrected chi connectivity index (χ2v) is 4.87. The van der Waals surface area contributed by atoms with E-state index in [1.165, 1.54) is 12.3 Å². The van der Waals surface area contributed by atoms with Gasteiger partial charge in [-0.3, -0.25) is 14.4 Å². The number of ether oxygens (including phenoxy) is 1. The zero-order chi connectivity index (χ0) is 17.4. The monoisotopic (exact) mass is 330 g/mol. The van der Waals surface area contributed by atoms with Crippen LogP contribution in [0.2, 0.25) is 0 Å². The number of furan rings is 1. The highest BCUT2D eigenvalue weighted by molar-refractivity contribution is 6.02. The first-order valence-corrected chi connectivity index (χ1v) is 7.44. The Kier molecular flexibility index (Phi) is 6.13. The quantitative estimate of drug-likeness (QED) is 0.598. The van der Waals surface area contributed by atoms with Crippen LogP contribution in [0, 0.1) is 0 Å². The lowest BCUT2D eigenvalue weighted by atomic mass is 10.2. The third-order valence-electron chi connectivity index (χ3n) is 3.02. The molecule has 0 aliphatic heterocycles. The van der Waals surface area contributed by atoms with Crippen molar-refractivity contribution >= 4 is 23.5 Å². The highest BCUT2D eigenvalue weighted by Crippen LogP contribution is 2.11. The molecule has 0 bridgehead atoms. The number of hydrogen-bond acceptors (Lipinski definition) is 5. The molecule has 2 N–H and O–H groups in total. The fourth-order valence-corrected chi connectivity index (χ4v) is 1.97. The number of carbonyl (C=O) groups is 3. The second kappa shape index (κ2) is 8.52. The van der Waals surface area contributed by atoms with E-state index < -0.39 is 11.9 Å². The molecule has 0 saturated carbocycles. The van der Waals surface area contributed by atoms with Gasteiger partial charge in [0.15, 0.2) is 0 Å². The predicted octanol–water partition coefficient (Wildman–Crippen LogP) is 2.10. The molecular formula is C17H18N2O5. The molecule has 2 rings (SSSR count). The van der Waals surface area contributed by atoms with Crippen LogP contribution in [-0.4, -0.2) is 24.4 Å². The Bertz CT molecular complexity index is 710. The molecular weight excluding hydrogens is 312 g/mol. The summed E-state index contributed by atoms with van der Waals surface area (Å²) in [6, 6.07) is 9.92. The number of benzene rings is 1. The highest BCUT2D eigenvalue weighted by Gasteiger charge is 2.12. The topological polar surface area (TPSA) is 97.6 Å². The van der Waals surface area contributed by atoms with Gasteiger partial charge >= 0.3 is 5.97 Å². The van der Waals surface area contributed by atoms with Crippen molar-refractivity contribution in [1.82, 2.24) is 5.32 Å². The zero-order valence-electron chi connectivity index (χ0n) is 13.2. The van der Waals surface area contributed by atoms with Crippen LogP contribution in [0.3, 0.4) is 0 Å². The summed E-state index contributed by atoms with van der Waals surface area (Å²) in [4.78, 5) is 35.1. The SMILES string of the molecule is CCOC(=O)CC(=O)Nc1cccc(C(=O)NCc2ccco2)c1. The normalized spacial score (nSPS) is 10.0. The van der Waals surface area contributed by atoms with E-state index in [0.29, 0.717) is 17.0 Å². The van der Waals surface area contributed by atoms with Gasteiger partial charge in [0, 0.05) is 11.3 Å². The maximum Gasteiger partial charge on any atom is 0.315 e. The van der Waals surface area contributed by atoms with Crippen LogP contribution in [0.1, 0.15) is 29.5 Å². The molecule has 2 amide bonds. The van der Waals surface area contributed by atoms with Crippen molar-refractivity contribution in [2.24, 2.45) is 0 Å². The van der Waals surface area contributed by atoms with E-state index in [1.54, 1.807) is 37.3 Å². The first-order valence-electron chi connectivity index (χ1n) is 7.44. The average Bonchev–Trinajstić information content (AvgIpc) is 3.06. The highest BCUT2D eigenvalue weighted by atomic mass is 16.5. The van der Waals surface area contributed by atoms with E-state index in [-0.39, 0.29) is 25.5 Å². The Balaban J connectivity index is 1.91. The standard InChI is InChI=1S/C17H18N2O5/c1-2-23-16(21)10-15(20)19-13-6-3-5-12(9-13)17(22)18-11-14-7-4-8-24-14/h3-9H,2,10-11H2,1H3,(H,18,22)(H,19,20). The number of esters is 1. The molecule has 126 valence electrons. The molecule has 0 fully saturated rings. The lowest BCUT2D eigenvalue weighted by molar-refractivity contribution is -0.145. The van der Waals surface area contributed by atoms with Crippen LogP contribution in [0.5, 0.6) is 0 Å². The summed E-state index contributed by atoms with van der Waals surface area (Å²) in [7, 11) is 0. The minimum absolute atomic E-state index is 0.220. The maximum absolute atomic E-state index is 12.1. The van der Waals surface area contributed by atoms with Crippen molar-refractivity contribution in [2.45, 2.75) is 19.9 Å². The molecule has 0 radical (unpaired) electrons. The summed E-state index contributed by atoms with van der Waals surface area (Å²) in [6.07, 6.45) is 1.16. The van der Waals surface area contributed by atoms with Gasteiger partial charge in [0.25, 0.3) is 5.91 Å². The molecule has 1 aromatic heterocycles. The summed E-state index contributed by atoms with van der Waals surface area (Å²) < 4.78 is 9.84. The third kappa shape index (κ3) is 5.28. The van der Waals surface area contributed by atoms with Gasteiger partial charge in [-0.25, -0.2) is 0 Å². The van der Waals surface area contributed by atoms with Gasteiger partial charge in [0.1, 0.15) is 12.2 Å². The largest absolute Gasteiger partial charge is 0.467 e. The van der Waals surface area contributed by atoms with E-state index in [4.69, 9.17) is 9.15 Å². The molecule has 1 heterocycles. The number of rotatable bonds is 7. The van der Waals surface area contributed by atoms with Gasteiger partial charge in [-0.2, -0.15) is 0 Å². The lowest BCUT2D eigenvalue weighted by Crippen LogP contribution is -2.23. The molecule has 0 saturated heterocycles. The summed E-state index contributed by atoms with van der Waals surface area (Å²) in [6.45, 7) is 2.16. The zero-order valence-corrected chi connectivity index (χ0v) is 13.2. The van der Waals surface area contributed by atoms with Crippen LogP contribution in [0.15, 0.2) is 47.1 Å². The number of amides is 2. The van der Waals surface area contributed by atoms with Gasteiger partial charge in [-0.15, -0.1) is 0 Å². The summed E-state index contributed by atoms with van der Waals surface area (Å²) in [5.41, 5.74) is 0.811. The van der Waals surface area contributed by atoms with Crippen molar-refractivity contribution in [3.63, 3.8) is 0 Å². The van der Waals surface area contributed by atoms with Crippen LogP contribution < -0.4 is 10.6 Å². The minimum atomic E-state index is -0.595. The Hall–Kier alpha value is -3.09. The predicted molar refractivity (Wildman–Crippen MR) is 86.2 cm³/mol. The number of nitrogens with one attached hydrogen (secondary N) is 2. The van der Waals surface area contributed by atoms with Crippen molar-refractivity contribution in [1.29, 1.82) is 0 Å². The molecule has 0 atom stereocenters. The van der Waals surface area contributed by atoms with Crippen molar-refractivity contribution in [2.75, 3.05) is 11.9 Å². The molecule has 7 heteroatoms. The van der Waals surface area contributed by atoms with Crippen molar-refractivity contribution in [3.8, 4) is 0 Å². The molecule has 0 aliphatic rings. The molecule has 0 spiro atoms. The van der Waals surface area contributed by atoms with E-state index in [1.807, 2.05) is 0 Å². The minimum Gasteiger partial charge on any atom is -0.467 e. The molecule has 2 aromatic rings. The van der Waals surface area contributed by atoms with Gasteiger partial charge < -0.3 is 19.8 Å². The fourth-order valence-electron chi connectivity index (χ4n) is 1.97. The number of hydrogen-bond donors (Lipinski definition) is 2. The van der Waals surface area contributed by atoms with E-state index >= 15 is 0 Å². The number of anilines is 1. The maximum atomic E-state index is 12.1. The summed E-state index contributed by atoms with van der Waals surface area (Å²) in [5, 5.41) is 5.27. The lowest BCUT2D eigenvalue weighted by Gasteiger charge is -2.08. The van der Waals surface area contributed by atoms with Gasteiger partial charge in [0.05, 0.1) is 19.4 Å². The molecule has 7 nitrogen and oxygen atoms in total. The smallest absolute Gasteiger partial charge is 0.315 e. The molecule has 24 heavy (non-hydrogen) atoms. The molecule has 0 aliphatic carbocycles. The Morgan fingerprint density at radius 2 is 2.00 bits per heavy atom. The van der Waals surface area contributed by atoms with Crippen LogP contribution in [0.4, 0.5) is 5.69 Å². The summed E-state index contributed by atoms with van der Waals surface area (Å²) in [5.74, 6) is -0.751. The van der Waals surface area contributed by atoms with Crippen molar-refractivity contribution < 1.29 is 23.5 Å². The Labute approximate surface area is 139 Å². The van der Waals surface area contributed by atoms with Gasteiger partial charge in [-0.05, 0) is 37.3 Å². The molecule has 1 aromatic carbocycles. The third-order valence-corrected chi connectivity index (χ3v) is 3.02. The average molecular weight is 330 g/mol. The van der Waals surface area contributed by atoms with E-state index in [0.717, 1.165) is 0 Å².